The zero-order valence-corrected chi connectivity index (χ0v) is 13.0. The molecular weight excluding hydrogens is 278 g/mol. The average Bonchev–Trinajstić information content (AvgIpc) is 3.18. The summed E-state index contributed by atoms with van der Waals surface area (Å²) in [5.41, 5.74) is 2.70. The molecule has 0 radical (unpaired) electrons. The number of benzene rings is 1. The summed E-state index contributed by atoms with van der Waals surface area (Å²) in [5.74, 6) is 0.117. The van der Waals surface area contributed by atoms with Crippen molar-refractivity contribution in [3.8, 4) is 5.69 Å². The molecule has 0 bridgehead atoms. The van der Waals surface area contributed by atoms with E-state index >= 15 is 0 Å². The van der Waals surface area contributed by atoms with Crippen LogP contribution in [-0.2, 0) is 0 Å². The second kappa shape index (κ2) is 6.27. The second-order valence-corrected chi connectivity index (χ2v) is 5.69. The van der Waals surface area contributed by atoms with Crippen LogP contribution in [0.15, 0.2) is 30.9 Å². The first-order valence-corrected chi connectivity index (χ1v) is 7.62. The first-order valence-electron chi connectivity index (χ1n) is 7.62. The predicted octanol–water partition coefficient (Wildman–Crippen LogP) is 1.40. The third kappa shape index (κ3) is 2.74. The Morgan fingerprint density at radius 1 is 1.45 bits per heavy atom. The lowest BCUT2D eigenvalue weighted by molar-refractivity contribution is 0.0737. The number of carbonyl (C=O) groups is 1. The van der Waals surface area contributed by atoms with E-state index in [1.807, 2.05) is 37.1 Å². The molecule has 1 N–H and O–H groups in total. The molecular formula is C16H21N5O. The molecule has 1 atom stereocenters. The lowest BCUT2D eigenvalue weighted by Gasteiger charge is -2.25. The van der Waals surface area contributed by atoms with E-state index in [0.717, 1.165) is 42.7 Å². The van der Waals surface area contributed by atoms with Crippen LogP contribution in [0.2, 0.25) is 0 Å². The highest BCUT2D eigenvalue weighted by atomic mass is 16.2. The van der Waals surface area contributed by atoms with Gasteiger partial charge in [0.2, 0.25) is 0 Å². The fourth-order valence-corrected chi connectivity index (χ4v) is 3.09. The van der Waals surface area contributed by atoms with E-state index < -0.39 is 0 Å². The van der Waals surface area contributed by atoms with Crippen LogP contribution < -0.4 is 5.32 Å². The third-order valence-electron chi connectivity index (χ3n) is 4.19. The first-order chi connectivity index (χ1) is 10.7. The van der Waals surface area contributed by atoms with Crippen molar-refractivity contribution in [1.29, 1.82) is 0 Å². The number of hydrogen-bond acceptors (Lipinski definition) is 4. The predicted molar refractivity (Wildman–Crippen MR) is 84.1 cm³/mol. The molecule has 6 nitrogen and oxygen atoms in total. The maximum Gasteiger partial charge on any atom is 0.254 e. The Morgan fingerprint density at radius 2 is 2.32 bits per heavy atom. The normalized spacial score (nSPS) is 17.9. The lowest BCUT2D eigenvalue weighted by atomic mass is 10.1. The first kappa shape index (κ1) is 14.7. The topological polar surface area (TPSA) is 63.1 Å². The highest BCUT2D eigenvalue weighted by Gasteiger charge is 2.28. The number of carbonyl (C=O) groups excluding carboxylic acids is 1. The van der Waals surface area contributed by atoms with E-state index in [-0.39, 0.29) is 5.91 Å². The molecule has 1 fully saturated rings. The van der Waals surface area contributed by atoms with Crippen molar-refractivity contribution in [3.05, 3.63) is 42.0 Å². The zero-order valence-electron chi connectivity index (χ0n) is 13.0. The molecule has 1 aromatic heterocycles. The molecule has 1 unspecified atom stereocenters. The Labute approximate surface area is 130 Å². The van der Waals surface area contributed by atoms with E-state index in [4.69, 9.17) is 0 Å². The summed E-state index contributed by atoms with van der Waals surface area (Å²) >= 11 is 0. The van der Waals surface area contributed by atoms with Gasteiger partial charge in [-0.1, -0.05) is 0 Å². The molecule has 0 spiro atoms. The molecule has 2 aromatic rings. The summed E-state index contributed by atoms with van der Waals surface area (Å²) < 4.78 is 1.71. The van der Waals surface area contributed by atoms with Crippen LogP contribution in [0, 0.1) is 6.92 Å². The molecule has 1 aromatic carbocycles. The Morgan fingerprint density at radius 3 is 3.00 bits per heavy atom. The van der Waals surface area contributed by atoms with Crippen molar-refractivity contribution >= 4 is 5.91 Å². The average molecular weight is 299 g/mol. The molecule has 116 valence electrons. The van der Waals surface area contributed by atoms with Crippen LogP contribution >= 0.6 is 0 Å². The molecule has 22 heavy (non-hydrogen) atoms. The Hall–Kier alpha value is -2.21. The van der Waals surface area contributed by atoms with Crippen LogP contribution in [0.3, 0.4) is 0 Å². The van der Waals surface area contributed by atoms with Gasteiger partial charge in [-0.05, 0) is 50.6 Å². The van der Waals surface area contributed by atoms with Gasteiger partial charge in [-0.3, -0.25) is 4.79 Å². The maximum atomic E-state index is 12.7. The third-order valence-corrected chi connectivity index (χ3v) is 4.19. The largest absolute Gasteiger partial charge is 0.334 e. The summed E-state index contributed by atoms with van der Waals surface area (Å²) in [7, 11) is 1.93. The number of hydrogen-bond donors (Lipinski definition) is 1. The van der Waals surface area contributed by atoms with E-state index in [1.165, 1.54) is 6.33 Å². The summed E-state index contributed by atoms with van der Waals surface area (Å²) in [6.45, 7) is 3.68. The Balaban J connectivity index is 1.83. The highest BCUT2D eigenvalue weighted by molar-refractivity contribution is 5.95. The van der Waals surface area contributed by atoms with Gasteiger partial charge in [0, 0.05) is 24.7 Å². The van der Waals surface area contributed by atoms with Crippen molar-refractivity contribution in [3.63, 3.8) is 0 Å². The van der Waals surface area contributed by atoms with Crippen molar-refractivity contribution in [2.24, 2.45) is 0 Å². The van der Waals surface area contributed by atoms with Gasteiger partial charge in [0.05, 0.1) is 5.69 Å². The van der Waals surface area contributed by atoms with Gasteiger partial charge in [0.15, 0.2) is 0 Å². The van der Waals surface area contributed by atoms with Crippen LogP contribution in [0.1, 0.15) is 28.8 Å². The fraction of sp³-hybridized carbons (Fsp3) is 0.438. The molecule has 1 aliphatic heterocycles. The number of aromatic nitrogens is 3. The Bertz CT molecular complexity index is 653. The highest BCUT2D eigenvalue weighted by Crippen LogP contribution is 2.22. The van der Waals surface area contributed by atoms with Crippen LogP contribution in [-0.4, -0.2) is 51.8 Å². The number of rotatable bonds is 4. The summed E-state index contributed by atoms with van der Waals surface area (Å²) in [4.78, 5) is 18.7. The molecule has 6 heteroatoms. The number of aryl methyl sites for hydroxylation is 1. The monoisotopic (exact) mass is 299 g/mol. The molecule has 1 saturated heterocycles. The number of amides is 1. The molecule has 2 heterocycles. The van der Waals surface area contributed by atoms with Gasteiger partial charge in [-0.2, -0.15) is 5.10 Å². The molecule has 1 aliphatic rings. The van der Waals surface area contributed by atoms with E-state index in [9.17, 15) is 4.79 Å². The molecule has 1 amide bonds. The number of likely N-dealkylation sites (tertiary alicyclic amines) is 1. The van der Waals surface area contributed by atoms with Gasteiger partial charge in [0.1, 0.15) is 12.7 Å². The Kier molecular flexibility index (Phi) is 4.20. The van der Waals surface area contributed by atoms with Crippen LogP contribution in [0.4, 0.5) is 0 Å². The van der Waals surface area contributed by atoms with Crippen molar-refractivity contribution in [2.75, 3.05) is 20.1 Å². The van der Waals surface area contributed by atoms with Crippen LogP contribution in [0.5, 0.6) is 0 Å². The fourth-order valence-electron chi connectivity index (χ4n) is 3.09. The minimum atomic E-state index is 0.117. The second-order valence-electron chi connectivity index (χ2n) is 5.69. The number of nitrogens with zero attached hydrogens (tertiary/aromatic N) is 4. The number of likely N-dealkylation sites (N-methyl/N-ethyl adjacent to an activating group) is 1. The maximum absolute atomic E-state index is 12.7. The minimum Gasteiger partial charge on any atom is -0.334 e. The molecule has 0 saturated carbocycles. The quantitative estimate of drug-likeness (QED) is 0.927. The van der Waals surface area contributed by atoms with Gasteiger partial charge < -0.3 is 10.2 Å². The number of nitrogens with one attached hydrogen (secondary N) is 1. The zero-order chi connectivity index (χ0) is 15.5. The van der Waals surface area contributed by atoms with E-state index in [1.54, 1.807) is 11.0 Å². The van der Waals surface area contributed by atoms with E-state index in [2.05, 4.69) is 15.4 Å². The summed E-state index contributed by atoms with van der Waals surface area (Å²) in [6, 6.07) is 6.04. The SMILES string of the molecule is CNCC1CCCN1C(=O)c1ccc(-n2cncn2)c(C)c1. The molecule has 0 aliphatic carbocycles. The van der Waals surface area contributed by atoms with E-state index in [0.29, 0.717) is 6.04 Å². The lowest BCUT2D eigenvalue weighted by Crippen LogP contribution is -2.40. The van der Waals surface area contributed by atoms with Crippen LogP contribution in [0.25, 0.3) is 5.69 Å². The van der Waals surface area contributed by atoms with Crippen molar-refractivity contribution < 1.29 is 4.79 Å². The van der Waals surface area contributed by atoms with Gasteiger partial charge >= 0.3 is 0 Å². The summed E-state index contributed by atoms with van der Waals surface area (Å²) in [5, 5.41) is 7.31. The molecule has 3 rings (SSSR count). The van der Waals surface area contributed by atoms with Crippen molar-refractivity contribution in [2.45, 2.75) is 25.8 Å². The van der Waals surface area contributed by atoms with Gasteiger partial charge in [-0.15, -0.1) is 0 Å². The van der Waals surface area contributed by atoms with Crippen molar-refractivity contribution in [1.82, 2.24) is 25.0 Å². The smallest absolute Gasteiger partial charge is 0.254 e. The minimum absolute atomic E-state index is 0.117. The standard InChI is InChI=1S/C16H21N5O/c1-12-8-13(5-6-15(12)21-11-18-10-19-21)16(22)20-7-3-4-14(20)9-17-2/h5-6,8,10-11,14,17H,3-4,7,9H2,1-2H3. The van der Waals surface area contributed by atoms with Gasteiger partial charge in [-0.25, -0.2) is 9.67 Å². The van der Waals surface area contributed by atoms with Gasteiger partial charge in [0.25, 0.3) is 5.91 Å². The summed E-state index contributed by atoms with van der Waals surface area (Å²) in [6.07, 6.45) is 5.31.